The summed E-state index contributed by atoms with van der Waals surface area (Å²) in [5, 5.41) is 50.2. The van der Waals surface area contributed by atoms with E-state index in [0.29, 0.717) is 12.8 Å². The fourth-order valence-corrected chi connectivity index (χ4v) is 8.35. The Balaban J connectivity index is 2.43. The van der Waals surface area contributed by atoms with Gasteiger partial charge in [0.1, 0.15) is 43.2 Å². The monoisotopic (exact) mass is 891 g/mol. The van der Waals surface area contributed by atoms with Crippen LogP contribution in [0.1, 0.15) is 206 Å². The van der Waals surface area contributed by atoms with Crippen molar-refractivity contribution in [1.82, 2.24) is 0 Å². The molecule has 6 unspecified atom stereocenters. The minimum absolute atomic E-state index is 0.0993. The van der Waals surface area contributed by atoms with E-state index in [1.165, 1.54) is 103 Å². The Morgan fingerprint density at radius 1 is 0.508 bits per heavy atom. The van der Waals surface area contributed by atoms with E-state index in [1.54, 1.807) is 0 Å². The number of aliphatic hydroxyl groups excluding tert-OH is 5. The van der Waals surface area contributed by atoms with E-state index in [1.807, 2.05) is 0 Å². The van der Waals surface area contributed by atoms with Crippen molar-refractivity contribution in [2.75, 3.05) is 13.2 Å². The molecule has 1 fully saturated rings. The van der Waals surface area contributed by atoms with Gasteiger partial charge >= 0.3 is 19.8 Å². The summed E-state index contributed by atoms with van der Waals surface area (Å²) in [5.41, 5.74) is 0. The molecule has 14 heteroatoms. The summed E-state index contributed by atoms with van der Waals surface area (Å²) in [6.45, 7) is 3.28. The quantitative estimate of drug-likeness (QED) is 0.0147. The molecule has 0 aromatic rings. The largest absolute Gasteiger partial charge is 0.472 e. The maximum atomic E-state index is 12.8. The number of esters is 2. The van der Waals surface area contributed by atoms with Crippen LogP contribution in [-0.2, 0) is 32.7 Å². The van der Waals surface area contributed by atoms with Gasteiger partial charge in [-0.1, -0.05) is 173 Å². The number of ether oxygens (including phenoxy) is 2. The molecule has 1 aliphatic rings. The zero-order valence-electron chi connectivity index (χ0n) is 38.0. The van der Waals surface area contributed by atoms with Crippen molar-refractivity contribution in [2.24, 2.45) is 0 Å². The van der Waals surface area contributed by atoms with Gasteiger partial charge in [-0.3, -0.25) is 18.6 Å². The van der Waals surface area contributed by atoms with Gasteiger partial charge < -0.3 is 39.9 Å². The van der Waals surface area contributed by atoms with Crippen LogP contribution in [0.4, 0.5) is 0 Å². The molecule has 0 bridgehead atoms. The number of hydrogen-bond acceptors (Lipinski definition) is 12. The van der Waals surface area contributed by atoms with Gasteiger partial charge in [0.05, 0.1) is 6.61 Å². The second kappa shape index (κ2) is 37.7. The van der Waals surface area contributed by atoms with Crippen LogP contribution in [0.15, 0.2) is 24.3 Å². The highest BCUT2D eigenvalue weighted by molar-refractivity contribution is 7.47. The second-order valence-electron chi connectivity index (χ2n) is 17.0. The summed E-state index contributed by atoms with van der Waals surface area (Å²) >= 11 is 0. The van der Waals surface area contributed by atoms with Crippen LogP contribution in [-0.4, -0.2) is 98.3 Å². The number of phosphoric acid groups is 1. The molecule has 1 saturated carbocycles. The van der Waals surface area contributed by atoms with Crippen LogP contribution in [0.3, 0.4) is 0 Å². The lowest BCUT2D eigenvalue weighted by atomic mass is 9.85. The van der Waals surface area contributed by atoms with Crippen molar-refractivity contribution in [3.05, 3.63) is 24.3 Å². The molecule has 0 spiro atoms. The number of rotatable bonds is 40. The third-order valence-corrected chi connectivity index (χ3v) is 12.3. The highest BCUT2D eigenvalue weighted by atomic mass is 31.2. The molecule has 0 aromatic carbocycles. The maximum absolute atomic E-state index is 12.8. The Labute approximate surface area is 368 Å². The summed E-state index contributed by atoms with van der Waals surface area (Å²) in [6.07, 6.45) is 27.9. The van der Waals surface area contributed by atoms with Gasteiger partial charge in [0.25, 0.3) is 0 Å². The van der Waals surface area contributed by atoms with Gasteiger partial charge in [-0.15, -0.1) is 0 Å². The summed E-state index contributed by atoms with van der Waals surface area (Å²) in [5.74, 6) is -1.10. The smallest absolute Gasteiger partial charge is 0.462 e. The molecule has 0 aliphatic heterocycles. The molecule has 1 rings (SSSR count). The molecule has 358 valence electrons. The highest BCUT2D eigenvalue weighted by Gasteiger charge is 2.51. The molecule has 0 radical (unpaired) electrons. The first-order valence-electron chi connectivity index (χ1n) is 24.1. The first-order valence-corrected chi connectivity index (χ1v) is 25.6. The summed E-state index contributed by atoms with van der Waals surface area (Å²) in [6, 6.07) is 0. The van der Waals surface area contributed by atoms with E-state index in [-0.39, 0.29) is 12.8 Å². The molecule has 61 heavy (non-hydrogen) atoms. The van der Waals surface area contributed by atoms with E-state index in [0.717, 1.165) is 64.2 Å². The van der Waals surface area contributed by atoms with Crippen molar-refractivity contribution in [2.45, 2.75) is 249 Å². The molecule has 13 nitrogen and oxygen atoms in total. The van der Waals surface area contributed by atoms with Crippen molar-refractivity contribution in [3.63, 3.8) is 0 Å². The van der Waals surface area contributed by atoms with Gasteiger partial charge in [-0.25, -0.2) is 4.57 Å². The minimum Gasteiger partial charge on any atom is -0.462 e. The van der Waals surface area contributed by atoms with Gasteiger partial charge in [0.2, 0.25) is 0 Å². The minimum atomic E-state index is -5.12. The Bertz CT molecular complexity index is 1170. The standard InChI is InChI=1S/C47H87O13P/c1-3-5-7-9-11-13-15-17-19-20-22-23-25-27-29-31-33-35-40(48)57-37-39(38-58-61(55,56)60-47-45(53)43(51)42(50)44(52)46(47)54)59-41(49)36-34-32-30-28-26-24-21-18-16-14-12-10-8-6-4-2/h11,13,17,19,39,42-47,50-54H,3-10,12,14-16,18,20-38H2,1-2H3,(H,55,56)/b13-11+,19-17+/t39-,42?,43-,44?,45?,46?,47?/m0/s1. The predicted octanol–water partition coefficient (Wildman–Crippen LogP) is 9.62. The molecule has 0 aromatic heterocycles. The second-order valence-corrected chi connectivity index (χ2v) is 18.4. The van der Waals surface area contributed by atoms with Crippen LogP contribution in [0.2, 0.25) is 0 Å². The zero-order valence-corrected chi connectivity index (χ0v) is 38.9. The van der Waals surface area contributed by atoms with Crippen LogP contribution >= 0.6 is 7.82 Å². The lowest BCUT2D eigenvalue weighted by Crippen LogP contribution is -2.64. The summed E-state index contributed by atoms with van der Waals surface area (Å²) in [7, 11) is -5.12. The lowest BCUT2D eigenvalue weighted by molar-refractivity contribution is -0.220. The Morgan fingerprint density at radius 3 is 1.36 bits per heavy atom. The number of phosphoric ester groups is 1. The summed E-state index contributed by atoms with van der Waals surface area (Å²) < 4.78 is 33.6. The molecule has 0 heterocycles. The van der Waals surface area contributed by atoms with E-state index in [9.17, 15) is 44.6 Å². The predicted molar refractivity (Wildman–Crippen MR) is 240 cm³/mol. The van der Waals surface area contributed by atoms with E-state index >= 15 is 0 Å². The highest BCUT2D eigenvalue weighted by Crippen LogP contribution is 2.47. The van der Waals surface area contributed by atoms with E-state index < -0.39 is 75.7 Å². The Hall–Kier alpha value is -1.67. The van der Waals surface area contributed by atoms with Gasteiger partial charge in [0, 0.05) is 12.8 Å². The number of aliphatic hydroxyl groups is 5. The maximum Gasteiger partial charge on any atom is 0.472 e. The normalized spacial score (nSPS) is 22.2. The molecular formula is C47H87O13P. The van der Waals surface area contributed by atoms with Gasteiger partial charge in [-0.2, -0.15) is 0 Å². The fourth-order valence-electron chi connectivity index (χ4n) is 7.38. The van der Waals surface area contributed by atoms with Gasteiger partial charge in [-0.05, 0) is 44.9 Å². The van der Waals surface area contributed by atoms with E-state index in [4.69, 9.17) is 18.5 Å². The molecular weight excluding hydrogens is 803 g/mol. The van der Waals surface area contributed by atoms with Crippen LogP contribution in [0.5, 0.6) is 0 Å². The average Bonchev–Trinajstić information content (AvgIpc) is 3.24. The molecule has 6 N–H and O–H groups in total. The first kappa shape index (κ1) is 57.3. The lowest BCUT2D eigenvalue weighted by Gasteiger charge is -2.41. The molecule has 1 aliphatic carbocycles. The van der Waals surface area contributed by atoms with Crippen molar-refractivity contribution >= 4 is 19.8 Å². The van der Waals surface area contributed by atoms with Crippen LogP contribution in [0, 0.1) is 0 Å². The Kier molecular flexibility index (Phi) is 35.4. The fraction of sp³-hybridized carbons (Fsp3) is 0.872. The number of hydrogen-bond donors (Lipinski definition) is 6. The third-order valence-electron chi connectivity index (χ3n) is 11.3. The third kappa shape index (κ3) is 30.2. The SMILES string of the molecule is CCCCC/C=C/C/C=C/CCCCCCCCCC(=O)OC[C@@H](COP(=O)(O)OC1C(O)C(O)C(O)[C@H](O)C1O)OC(=O)CCCCCCCCCCCCCCCCC. The zero-order chi connectivity index (χ0) is 45.0. The molecule has 0 amide bonds. The van der Waals surface area contributed by atoms with Gasteiger partial charge in [0.15, 0.2) is 6.10 Å². The van der Waals surface area contributed by atoms with E-state index in [2.05, 4.69) is 38.2 Å². The number of allylic oxidation sites excluding steroid dienone is 4. The van der Waals surface area contributed by atoms with Crippen molar-refractivity contribution in [1.29, 1.82) is 0 Å². The van der Waals surface area contributed by atoms with Crippen LogP contribution < -0.4 is 0 Å². The number of carbonyl (C=O) groups excluding carboxylic acids is 2. The van der Waals surface area contributed by atoms with Crippen molar-refractivity contribution < 1.29 is 63.1 Å². The molecule has 0 saturated heterocycles. The first-order chi connectivity index (χ1) is 29.4. The topological polar surface area (TPSA) is 210 Å². The average molecular weight is 891 g/mol. The molecule has 8 atom stereocenters. The number of unbranched alkanes of at least 4 members (excludes halogenated alkanes) is 24. The van der Waals surface area contributed by atoms with Crippen LogP contribution in [0.25, 0.3) is 0 Å². The number of carbonyl (C=O) groups is 2. The summed E-state index contributed by atoms with van der Waals surface area (Å²) in [4.78, 5) is 35.7. The van der Waals surface area contributed by atoms with Crippen molar-refractivity contribution in [3.8, 4) is 0 Å². The Morgan fingerprint density at radius 2 is 0.885 bits per heavy atom.